The van der Waals surface area contributed by atoms with E-state index in [4.69, 9.17) is 10.6 Å². The van der Waals surface area contributed by atoms with Crippen molar-refractivity contribution in [2.45, 2.75) is 64.8 Å². The number of rotatable bonds is 6. The van der Waals surface area contributed by atoms with Gasteiger partial charge in [-0.15, -0.1) is 0 Å². The lowest BCUT2D eigenvalue weighted by atomic mass is 9.84. The van der Waals surface area contributed by atoms with E-state index in [1.807, 2.05) is 0 Å². The Kier molecular flexibility index (Phi) is 6.07. The zero-order valence-corrected chi connectivity index (χ0v) is 13.7. The minimum atomic E-state index is 0.247. The number of nitrogens with one attached hydrogen (secondary N) is 1. The van der Waals surface area contributed by atoms with Gasteiger partial charge in [-0.25, -0.2) is 0 Å². The van der Waals surface area contributed by atoms with E-state index >= 15 is 0 Å². The van der Waals surface area contributed by atoms with Crippen molar-refractivity contribution >= 4 is 0 Å². The molecule has 1 aromatic carbocycles. The molecule has 0 radical (unpaired) electrons. The van der Waals surface area contributed by atoms with Crippen molar-refractivity contribution < 1.29 is 4.74 Å². The topological polar surface area (TPSA) is 47.3 Å². The molecule has 1 unspecified atom stereocenters. The van der Waals surface area contributed by atoms with Crippen molar-refractivity contribution in [1.29, 1.82) is 0 Å². The standard InChI is InChI=1S/C18H30N2O/c1-13-12-18(21-3)14(2)11-16(13)17(20-19)10-9-15-7-5-4-6-8-15/h11-12,15,17,20H,4-10,19H2,1-3H3. The molecule has 118 valence electrons. The second-order valence-corrected chi connectivity index (χ2v) is 6.48. The first-order chi connectivity index (χ1) is 10.2. The zero-order valence-electron chi connectivity index (χ0n) is 13.7. The van der Waals surface area contributed by atoms with Crippen molar-refractivity contribution in [3.05, 3.63) is 28.8 Å². The molecule has 0 bridgehead atoms. The van der Waals surface area contributed by atoms with E-state index in [1.54, 1.807) is 7.11 Å². The van der Waals surface area contributed by atoms with Crippen LogP contribution in [0.2, 0.25) is 0 Å². The monoisotopic (exact) mass is 290 g/mol. The van der Waals surface area contributed by atoms with Crippen LogP contribution >= 0.6 is 0 Å². The summed E-state index contributed by atoms with van der Waals surface area (Å²) in [6.07, 6.45) is 9.44. The molecule has 3 nitrogen and oxygen atoms in total. The summed E-state index contributed by atoms with van der Waals surface area (Å²) in [7, 11) is 1.73. The smallest absolute Gasteiger partial charge is 0.122 e. The van der Waals surface area contributed by atoms with Crippen LogP contribution in [0.15, 0.2) is 12.1 Å². The van der Waals surface area contributed by atoms with Crippen LogP contribution in [-0.2, 0) is 0 Å². The lowest BCUT2D eigenvalue weighted by Gasteiger charge is -2.25. The molecule has 1 atom stereocenters. The number of nitrogens with two attached hydrogens (primary N) is 1. The van der Waals surface area contributed by atoms with Gasteiger partial charge in [-0.3, -0.25) is 11.3 Å². The van der Waals surface area contributed by atoms with Gasteiger partial charge in [-0.1, -0.05) is 38.2 Å². The van der Waals surface area contributed by atoms with Gasteiger partial charge in [-0.05, 0) is 55.4 Å². The lowest BCUT2D eigenvalue weighted by molar-refractivity contribution is 0.314. The molecule has 0 spiro atoms. The number of aryl methyl sites for hydroxylation is 2. The Balaban J connectivity index is 2.04. The average Bonchev–Trinajstić information content (AvgIpc) is 2.51. The van der Waals surface area contributed by atoms with E-state index in [0.717, 1.165) is 18.1 Å². The van der Waals surface area contributed by atoms with Crippen molar-refractivity contribution in [3.63, 3.8) is 0 Å². The Hall–Kier alpha value is -1.06. The summed E-state index contributed by atoms with van der Waals surface area (Å²) >= 11 is 0. The second kappa shape index (κ2) is 7.81. The highest BCUT2D eigenvalue weighted by atomic mass is 16.5. The molecule has 0 aromatic heterocycles. The van der Waals surface area contributed by atoms with Crippen molar-refractivity contribution in [2.24, 2.45) is 11.8 Å². The van der Waals surface area contributed by atoms with E-state index in [9.17, 15) is 0 Å². The highest BCUT2D eigenvalue weighted by Gasteiger charge is 2.18. The van der Waals surface area contributed by atoms with Gasteiger partial charge in [0.15, 0.2) is 0 Å². The number of methoxy groups -OCH3 is 1. The molecule has 1 saturated carbocycles. The molecule has 1 fully saturated rings. The summed E-state index contributed by atoms with van der Waals surface area (Å²) in [6, 6.07) is 4.59. The van der Waals surface area contributed by atoms with Crippen LogP contribution < -0.4 is 16.0 Å². The maximum absolute atomic E-state index is 5.83. The largest absolute Gasteiger partial charge is 0.496 e. The normalized spacial score (nSPS) is 17.7. The predicted molar refractivity (Wildman–Crippen MR) is 88.3 cm³/mol. The first kappa shape index (κ1) is 16.3. The van der Waals surface area contributed by atoms with Crippen molar-refractivity contribution in [3.8, 4) is 5.75 Å². The molecule has 1 aliphatic rings. The van der Waals surface area contributed by atoms with Gasteiger partial charge in [0.1, 0.15) is 5.75 Å². The first-order valence-corrected chi connectivity index (χ1v) is 8.27. The molecule has 21 heavy (non-hydrogen) atoms. The van der Waals surface area contributed by atoms with Crippen molar-refractivity contribution in [1.82, 2.24) is 5.43 Å². The Morgan fingerprint density at radius 1 is 1.19 bits per heavy atom. The molecule has 1 aromatic rings. The molecule has 0 heterocycles. The second-order valence-electron chi connectivity index (χ2n) is 6.48. The molecular weight excluding hydrogens is 260 g/mol. The van der Waals surface area contributed by atoms with Gasteiger partial charge in [0.05, 0.1) is 7.11 Å². The van der Waals surface area contributed by atoms with E-state index in [-0.39, 0.29) is 6.04 Å². The number of ether oxygens (including phenoxy) is 1. The highest BCUT2D eigenvalue weighted by Crippen LogP contribution is 2.32. The van der Waals surface area contributed by atoms with Gasteiger partial charge in [0, 0.05) is 6.04 Å². The highest BCUT2D eigenvalue weighted by molar-refractivity contribution is 5.42. The SMILES string of the molecule is COc1cc(C)c(C(CCC2CCCCC2)NN)cc1C. The van der Waals surface area contributed by atoms with Crippen LogP contribution in [0.25, 0.3) is 0 Å². The lowest BCUT2D eigenvalue weighted by Crippen LogP contribution is -2.29. The Labute approximate surface area is 129 Å². The maximum atomic E-state index is 5.83. The fourth-order valence-electron chi connectivity index (χ4n) is 3.61. The number of hydrogen-bond acceptors (Lipinski definition) is 3. The molecule has 3 N–H and O–H groups in total. The Bertz CT molecular complexity index is 453. The van der Waals surface area contributed by atoms with Crippen LogP contribution in [0.4, 0.5) is 0 Å². The van der Waals surface area contributed by atoms with E-state index in [2.05, 4.69) is 31.4 Å². The summed E-state index contributed by atoms with van der Waals surface area (Å²) in [4.78, 5) is 0. The van der Waals surface area contributed by atoms with E-state index in [0.29, 0.717) is 0 Å². The molecule has 1 aliphatic carbocycles. The fraction of sp³-hybridized carbons (Fsp3) is 0.667. The predicted octanol–water partition coefficient (Wildman–Crippen LogP) is 4.18. The minimum Gasteiger partial charge on any atom is -0.496 e. The van der Waals surface area contributed by atoms with Gasteiger partial charge < -0.3 is 4.74 Å². The summed E-state index contributed by atoms with van der Waals surface area (Å²) in [5, 5.41) is 0. The van der Waals surface area contributed by atoms with E-state index < -0.39 is 0 Å². The fourth-order valence-corrected chi connectivity index (χ4v) is 3.61. The quantitative estimate of drug-likeness (QED) is 0.610. The maximum Gasteiger partial charge on any atom is 0.122 e. The number of benzene rings is 1. The first-order valence-electron chi connectivity index (χ1n) is 8.27. The van der Waals surface area contributed by atoms with Crippen LogP contribution in [0.3, 0.4) is 0 Å². The summed E-state index contributed by atoms with van der Waals surface area (Å²) in [6.45, 7) is 4.23. The summed E-state index contributed by atoms with van der Waals surface area (Å²) in [5.41, 5.74) is 6.76. The average molecular weight is 290 g/mol. The van der Waals surface area contributed by atoms with Crippen molar-refractivity contribution in [2.75, 3.05) is 7.11 Å². The third-order valence-corrected chi connectivity index (χ3v) is 4.95. The third-order valence-electron chi connectivity index (χ3n) is 4.95. The van der Waals surface area contributed by atoms with E-state index in [1.165, 1.54) is 55.2 Å². The molecule has 0 aliphatic heterocycles. The van der Waals surface area contributed by atoms with Crippen LogP contribution in [0, 0.1) is 19.8 Å². The summed E-state index contributed by atoms with van der Waals surface area (Å²) in [5.74, 6) is 7.68. The molecule has 2 rings (SSSR count). The third kappa shape index (κ3) is 4.21. The van der Waals surface area contributed by atoms with Gasteiger partial charge in [0.2, 0.25) is 0 Å². The number of hydrogen-bond donors (Lipinski definition) is 2. The van der Waals surface area contributed by atoms with Crippen LogP contribution in [-0.4, -0.2) is 7.11 Å². The Morgan fingerprint density at radius 2 is 1.90 bits per heavy atom. The number of hydrazine groups is 1. The molecule has 0 amide bonds. The zero-order chi connectivity index (χ0) is 15.2. The minimum absolute atomic E-state index is 0.247. The molecule has 3 heteroatoms. The summed E-state index contributed by atoms with van der Waals surface area (Å²) < 4.78 is 5.40. The van der Waals surface area contributed by atoms with Gasteiger partial charge in [0.25, 0.3) is 0 Å². The molecular formula is C18H30N2O. The van der Waals surface area contributed by atoms with Gasteiger partial charge >= 0.3 is 0 Å². The molecule has 0 saturated heterocycles. The van der Waals surface area contributed by atoms with Gasteiger partial charge in [-0.2, -0.15) is 0 Å². The van der Waals surface area contributed by atoms with Crippen LogP contribution in [0.1, 0.15) is 67.7 Å². The Morgan fingerprint density at radius 3 is 2.52 bits per heavy atom. The van der Waals surface area contributed by atoms with Crippen LogP contribution in [0.5, 0.6) is 5.75 Å².